The zero-order valence-corrected chi connectivity index (χ0v) is 53.2. The maximum Gasteiger partial charge on any atom is 0.493 e. The molecule has 0 saturated carbocycles. The van der Waals surface area contributed by atoms with Crippen molar-refractivity contribution in [3.05, 3.63) is 0 Å². The summed E-state index contributed by atoms with van der Waals surface area (Å²) in [7, 11) is 3.16. The smallest absolute Gasteiger partial charge is 0.375 e. The molecule has 1 fully saturated rings. The Hall–Kier alpha value is 0.114. The lowest BCUT2D eigenvalue weighted by atomic mass is 9.98. The second-order valence-corrected chi connectivity index (χ2v) is 30.8. The first-order valence-corrected chi connectivity index (χ1v) is 36.0. The summed E-state index contributed by atoms with van der Waals surface area (Å²) >= 11 is 0. The summed E-state index contributed by atoms with van der Waals surface area (Å²) in [5, 5.41) is 0. The van der Waals surface area contributed by atoms with E-state index in [1.54, 1.807) is 0 Å². The minimum absolute atomic E-state index is 0.00629. The molecule has 10 heteroatoms. The third-order valence-electron chi connectivity index (χ3n) is 16.0. The van der Waals surface area contributed by atoms with Gasteiger partial charge in [0.15, 0.2) is 0 Å². The molecule has 0 aromatic carbocycles. The highest BCUT2D eigenvalue weighted by Crippen LogP contribution is 2.32. The molecule has 8 nitrogen and oxygen atoms in total. The summed E-state index contributed by atoms with van der Waals surface area (Å²) in [5.74, 6) is 1.17. The van der Waals surface area contributed by atoms with Crippen molar-refractivity contribution >= 4 is 17.6 Å². The molecular weight excluding hydrogens is 925 g/mol. The molecule has 0 spiro atoms. The Morgan fingerprint density at radius 2 is 0.708 bits per heavy atom. The van der Waals surface area contributed by atoms with E-state index in [0.717, 1.165) is 53.4 Å². The first-order chi connectivity index (χ1) is 34.7. The average Bonchev–Trinajstić information content (AvgIpc) is 3.35. The van der Waals surface area contributed by atoms with E-state index in [0.29, 0.717) is 44.9 Å². The zero-order valence-electron chi connectivity index (χ0n) is 51.2. The van der Waals surface area contributed by atoms with Crippen molar-refractivity contribution < 1.29 is 35.5 Å². The zero-order chi connectivity index (χ0) is 53.1. The van der Waals surface area contributed by atoms with Crippen LogP contribution < -0.4 is 0 Å². The predicted molar refractivity (Wildman–Crippen MR) is 317 cm³/mol. The van der Waals surface area contributed by atoms with Crippen molar-refractivity contribution in [1.29, 1.82) is 0 Å². The molecule has 1 aliphatic rings. The number of hydrogen-bond acceptors (Lipinski definition) is 6. The third kappa shape index (κ3) is 38.6. The van der Waals surface area contributed by atoms with Crippen molar-refractivity contribution in [3.63, 3.8) is 0 Å². The molecule has 1 rings (SSSR count). The van der Waals surface area contributed by atoms with Gasteiger partial charge in [-0.2, -0.15) is 0 Å². The number of unbranched alkanes of at least 4 members (excludes halogenated alkanes) is 30. The van der Waals surface area contributed by atoms with Gasteiger partial charge < -0.3 is 35.5 Å². The van der Waals surface area contributed by atoms with Crippen molar-refractivity contribution in [2.75, 3.05) is 87.4 Å². The van der Waals surface area contributed by atoms with E-state index in [9.17, 15) is 0 Å². The standard InChI is InChI=1S/C62H132N2O6Si2/c1-13-17-19-21-23-25-27-29-31-33-35-37-39-41-43-45-49-63(9,10)51-47-53-71(66-15-3)68-57-61(60(7)8)56-65-62(55-59(5)6)58-69-72(70-71,67-16-4)54-48-52-64(11,12)50-46-44-42-40-38-36-34-32-30-28-26-24-22-20-18-14-2/h59-62H,13-58H2,1-12H3/q+2. The Balaban J connectivity index is 2.82. The predicted octanol–water partition coefficient (Wildman–Crippen LogP) is 18.2. The van der Waals surface area contributed by atoms with E-state index in [1.165, 1.54) is 219 Å². The highest BCUT2D eigenvalue weighted by Gasteiger charge is 2.54. The van der Waals surface area contributed by atoms with E-state index in [4.69, 9.17) is 26.6 Å². The van der Waals surface area contributed by atoms with E-state index < -0.39 is 17.6 Å². The molecule has 0 N–H and O–H groups in total. The van der Waals surface area contributed by atoms with Crippen LogP contribution in [0.15, 0.2) is 0 Å². The van der Waals surface area contributed by atoms with Crippen molar-refractivity contribution in [2.45, 2.75) is 298 Å². The lowest BCUT2D eigenvalue weighted by Gasteiger charge is -2.40. The fraction of sp³-hybridized carbons (Fsp3) is 1.00. The summed E-state index contributed by atoms with van der Waals surface area (Å²) < 4.78 is 44.4. The van der Waals surface area contributed by atoms with Crippen LogP contribution in [-0.4, -0.2) is 120 Å². The first-order valence-electron chi connectivity index (χ1n) is 32.2. The van der Waals surface area contributed by atoms with Gasteiger partial charge in [-0.3, -0.25) is 0 Å². The van der Waals surface area contributed by atoms with Crippen LogP contribution in [0.2, 0.25) is 12.1 Å². The van der Waals surface area contributed by atoms with E-state index >= 15 is 0 Å². The van der Waals surface area contributed by atoms with Gasteiger partial charge in [-0.25, -0.2) is 0 Å². The number of ether oxygens (including phenoxy) is 1. The summed E-state index contributed by atoms with van der Waals surface area (Å²) in [6, 6.07) is 1.56. The molecule has 4 atom stereocenters. The van der Waals surface area contributed by atoms with Gasteiger partial charge in [0.25, 0.3) is 0 Å². The summed E-state index contributed by atoms with van der Waals surface area (Å²) in [5.41, 5.74) is 0. The van der Waals surface area contributed by atoms with Gasteiger partial charge in [-0.05, 0) is 57.8 Å². The molecule has 72 heavy (non-hydrogen) atoms. The lowest BCUT2D eigenvalue weighted by molar-refractivity contribution is -0.890. The van der Waals surface area contributed by atoms with Crippen molar-refractivity contribution in [2.24, 2.45) is 17.8 Å². The van der Waals surface area contributed by atoms with Gasteiger partial charge in [-0.1, -0.05) is 221 Å². The molecule has 1 saturated heterocycles. The van der Waals surface area contributed by atoms with Gasteiger partial charge >= 0.3 is 17.6 Å². The van der Waals surface area contributed by atoms with Crippen LogP contribution in [0.25, 0.3) is 0 Å². The maximum absolute atomic E-state index is 7.56. The molecule has 432 valence electrons. The van der Waals surface area contributed by atoms with Gasteiger partial charge in [0.1, 0.15) is 0 Å². The van der Waals surface area contributed by atoms with Crippen LogP contribution in [0, 0.1) is 17.8 Å². The fourth-order valence-corrected chi connectivity index (χ4v) is 18.3. The molecule has 4 unspecified atom stereocenters. The Morgan fingerprint density at radius 1 is 0.403 bits per heavy atom. The number of rotatable bonds is 49. The summed E-state index contributed by atoms with van der Waals surface area (Å²) in [4.78, 5) is 0. The van der Waals surface area contributed by atoms with Crippen LogP contribution in [-0.2, 0) is 26.6 Å². The van der Waals surface area contributed by atoms with E-state index in [-0.39, 0.29) is 12.0 Å². The normalized spacial score (nSPS) is 20.8. The molecule has 0 aliphatic carbocycles. The maximum atomic E-state index is 7.56. The minimum atomic E-state index is -3.27. The van der Waals surface area contributed by atoms with Crippen LogP contribution in [0.5, 0.6) is 0 Å². The summed E-state index contributed by atoms with van der Waals surface area (Å²) in [6.45, 7) is 25.4. The van der Waals surface area contributed by atoms with Gasteiger partial charge in [0.2, 0.25) is 0 Å². The first kappa shape index (κ1) is 70.1. The van der Waals surface area contributed by atoms with Gasteiger partial charge in [-0.15, -0.1) is 0 Å². The quantitative estimate of drug-likeness (QED) is 0.0344. The number of hydrogen-bond donors (Lipinski definition) is 0. The molecular formula is C62H132N2O6Si2+2. The Bertz CT molecular complexity index is 1180. The van der Waals surface area contributed by atoms with Crippen LogP contribution >= 0.6 is 0 Å². The van der Waals surface area contributed by atoms with Crippen molar-refractivity contribution in [1.82, 2.24) is 0 Å². The molecule has 0 bridgehead atoms. The van der Waals surface area contributed by atoms with E-state index in [2.05, 4.69) is 83.6 Å². The second kappa shape index (κ2) is 45.0. The van der Waals surface area contributed by atoms with Crippen LogP contribution in [0.1, 0.15) is 280 Å². The monoisotopic (exact) mass is 1060 g/mol. The number of nitrogens with zero attached hydrogens (tertiary/aromatic N) is 2. The Morgan fingerprint density at radius 3 is 1.01 bits per heavy atom. The molecule has 1 aliphatic heterocycles. The highest BCUT2D eigenvalue weighted by atomic mass is 28.5. The molecule has 1 heterocycles. The molecule has 0 aromatic heterocycles. The minimum Gasteiger partial charge on any atom is -0.375 e. The van der Waals surface area contributed by atoms with Gasteiger partial charge in [0.05, 0.1) is 73.7 Å². The van der Waals surface area contributed by atoms with Crippen LogP contribution in [0.3, 0.4) is 0 Å². The second-order valence-electron chi connectivity index (χ2n) is 25.1. The van der Waals surface area contributed by atoms with Crippen LogP contribution in [0.4, 0.5) is 0 Å². The SMILES string of the molecule is CCCCCCCCCCCCCCCCCC[N+](C)(C)CCC[Si]1(OCC)OCC(CC(C)C)OCC(C(C)C)CO[Si](CCC[N+](C)(C)CCCCCCCCCCCCCCCCCC)(OCC)O1. The van der Waals surface area contributed by atoms with Gasteiger partial charge in [0, 0.05) is 50.7 Å². The fourth-order valence-electron chi connectivity index (χ4n) is 11.0. The van der Waals surface area contributed by atoms with Crippen molar-refractivity contribution in [3.8, 4) is 0 Å². The molecule has 0 radical (unpaired) electrons. The molecule has 0 aromatic rings. The lowest BCUT2D eigenvalue weighted by Crippen LogP contribution is -2.60. The number of quaternary nitrogens is 2. The average molecular weight is 1060 g/mol. The Kier molecular flexibility index (Phi) is 43.9. The highest BCUT2D eigenvalue weighted by molar-refractivity contribution is 6.75. The Labute approximate surface area is 454 Å². The summed E-state index contributed by atoms with van der Waals surface area (Å²) in [6.07, 6.45) is 48.0. The van der Waals surface area contributed by atoms with E-state index in [1.807, 2.05) is 0 Å². The largest absolute Gasteiger partial charge is 0.493 e. The molecule has 0 amide bonds. The third-order valence-corrected chi connectivity index (χ3v) is 23.1. The topological polar surface area (TPSA) is 55.4 Å².